The van der Waals surface area contributed by atoms with Crippen molar-refractivity contribution in [1.29, 1.82) is 0 Å². The number of urea groups is 1. The number of hydrogen-bond acceptors (Lipinski definition) is 3. The molecule has 0 saturated carbocycles. The van der Waals surface area contributed by atoms with Gasteiger partial charge < -0.3 is 0 Å². The Morgan fingerprint density at radius 3 is 2.69 bits per heavy atom. The van der Waals surface area contributed by atoms with E-state index in [0.717, 1.165) is 5.56 Å². The maximum absolute atomic E-state index is 12.0. The number of aliphatic imine (C=N–C) groups is 1. The molecule has 0 bridgehead atoms. The molecule has 0 aromatic heterocycles. The van der Waals surface area contributed by atoms with Crippen LogP contribution >= 0.6 is 0 Å². The molecule has 1 heterocycles. The van der Waals surface area contributed by atoms with Crippen molar-refractivity contribution in [2.75, 3.05) is 0 Å². The Kier molecular flexibility index (Phi) is 1.67. The second-order valence-corrected chi connectivity index (χ2v) is 3.39. The lowest BCUT2D eigenvalue weighted by Crippen LogP contribution is -2.23. The molecule has 16 heavy (non-hydrogen) atoms. The van der Waals surface area contributed by atoms with E-state index in [0.29, 0.717) is 11.3 Å². The average Bonchev–Trinajstić information content (AvgIpc) is 2.31. The number of nitrogens with zero attached hydrogens (tertiary/aromatic N) is 3. The number of carbonyl (C=O) groups is 2. The second-order valence-electron chi connectivity index (χ2n) is 3.39. The van der Waals surface area contributed by atoms with Crippen molar-refractivity contribution in [2.24, 2.45) is 15.2 Å². The van der Waals surface area contributed by atoms with Crippen LogP contribution in [-0.4, -0.2) is 17.5 Å². The number of amides is 2. The van der Waals surface area contributed by atoms with Crippen molar-refractivity contribution >= 4 is 23.6 Å². The van der Waals surface area contributed by atoms with Crippen LogP contribution in [0.3, 0.4) is 0 Å². The largest absolute Gasteiger partial charge is 0.386 e. The summed E-state index contributed by atoms with van der Waals surface area (Å²) in [7, 11) is 0. The average molecular weight is 211 g/mol. The smallest absolute Gasteiger partial charge is 0.287 e. The Hall–Kier alpha value is -2.43. The SMILES string of the molecule is O=C1N=NC2=Cc3ccccc3C(=O)C2=N1. The molecular formula is C11H5N3O2. The molecule has 0 N–H and O–H groups in total. The summed E-state index contributed by atoms with van der Waals surface area (Å²) in [6, 6.07) is 6.37. The van der Waals surface area contributed by atoms with Crippen LogP contribution < -0.4 is 0 Å². The Labute approximate surface area is 90.2 Å². The first kappa shape index (κ1) is 8.84. The van der Waals surface area contributed by atoms with Crippen molar-refractivity contribution in [1.82, 2.24) is 0 Å². The minimum Gasteiger partial charge on any atom is -0.287 e. The molecule has 0 radical (unpaired) electrons. The lowest BCUT2D eigenvalue weighted by atomic mass is 9.93. The number of azo groups is 1. The van der Waals surface area contributed by atoms with E-state index < -0.39 is 6.03 Å². The van der Waals surface area contributed by atoms with E-state index in [1.807, 2.05) is 12.1 Å². The van der Waals surface area contributed by atoms with Gasteiger partial charge in [-0.05, 0) is 11.6 Å². The van der Waals surface area contributed by atoms with E-state index in [4.69, 9.17) is 0 Å². The fraction of sp³-hybridized carbons (Fsp3) is 0. The molecule has 1 aliphatic heterocycles. The number of hydrogen-bond donors (Lipinski definition) is 0. The Morgan fingerprint density at radius 1 is 1.00 bits per heavy atom. The molecule has 5 heteroatoms. The summed E-state index contributed by atoms with van der Waals surface area (Å²) >= 11 is 0. The topological polar surface area (TPSA) is 71.2 Å². The number of fused-ring (bicyclic) bond motifs is 2. The molecule has 0 unspecified atom stereocenters. The zero-order valence-corrected chi connectivity index (χ0v) is 8.04. The van der Waals surface area contributed by atoms with Gasteiger partial charge in [0.05, 0.1) is 0 Å². The van der Waals surface area contributed by atoms with Gasteiger partial charge in [-0.15, -0.1) is 5.11 Å². The van der Waals surface area contributed by atoms with E-state index in [1.54, 1.807) is 18.2 Å². The highest BCUT2D eigenvalue weighted by atomic mass is 16.2. The first-order chi connectivity index (χ1) is 7.75. The van der Waals surface area contributed by atoms with Gasteiger partial charge in [-0.1, -0.05) is 29.4 Å². The molecule has 2 amide bonds. The third kappa shape index (κ3) is 1.15. The highest BCUT2D eigenvalue weighted by Crippen LogP contribution is 2.25. The van der Waals surface area contributed by atoms with E-state index in [1.165, 1.54) is 0 Å². The van der Waals surface area contributed by atoms with Crippen LogP contribution in [0.25, 0.3) is 6.08 Å². The number of carbonyl (C=O) groups excluding carboxylic acids is 2. The number of Topliss-reactive ketones (excluding diaryl/α,β-unsaturated/α-hetero) is 1. The van der Waals surface area contributed by atoms with E-state index >= 15 is 0 Å². The summed E-state index contributed by atoms with van der Waals surface area (Å²) in [5.41, 5.74) is 1.74. The maximum atomic E-state index is 12.0. The standard InChI is InChI=1S/C11H5N3O2/c15-10-7-4-2-1-3-6(7)5-8-9(10)12-11(16)14-13-8/h1-5H. The summed E-state index contributed by atoms with van der Waals surface area (Å²) in [5.74, 6) is -0.278. The fourth-order valence-electron chi connectivity index (χ4n) is 1.69. The van der Waals surface area contributed by atoms with Crippen LogP contribution in [0.5, 0.6) is 0 Å². The monoisotopic (exact) mass is 211 g/mol. The molecule has 3 rings (SSSR count). The van der Waals surface area contributed by atoms with Crippen molar-refractivity contribution in [3.63, 3.8) is 0 Å². The van der Waals surface area contributed by atoms with Gasteiger partial charge in [0.15, 0.2) is 0 Å². The van der Waals surface area contributed by atoms with Gasteiger partial charge in [0.1, 0.15) is 11.4 Å². The predicted molar refractivity (Wildman–Crippen MR) is 56.4 cm³/mol. The van der Waals surface area contributed by atoms with Crippen LogP contribution in [0.1, 0.15) is 15.9 Å². The molecule has 1 aliphatic carbocycles. The molecule has 0 atom stereocenters. The normalized spacial score (nSPS) is 17.5. The minimum atomic E-state index is -0.736. The first-order valence-corrected chi connectivity index (χ1v) is 4.66. The van der Waals surface area contributed by atoms with Crippen molar-refractivity contribution in [3.05, 3.63) is 41.1 Å². The summed E-state index contributed by atoms with van der Waals surface area (Å²) in [6.45, 7) is 0. The van der Waals surface area contributed by atoms with Gasteiger partial charge in [0.2, 0.25) is 5.78 Å². The molecule has 1 aromatic carbocycles. The molecule has 2 aliphatic rings. The van der Waals surface area contributed by atoms with Crippen LogP contribution in [0, 0.1) is 0 Å². The van der Waals surface area contributed by atoms with E-state index in [2.05, 4.69) is 15.2 Å². The summed E-state index contributed by atoms with van der Waals surface area (Å²) < 4.78 is 0. The minimum absolute atomic E-state index is 0.0821. The highest BCUT2D eigenvalue weighted by molar-refractivity contribution is 6.55. The van der Waals surface area contributed by atoms with Gasteiger partial charge in [-0.3, -0.25) is 4.79 Å². The fourth-order valence-corrected chi connectivity index (χ4v) is 1.69. The number of benzene rings is 1. The van der Waals surface area contributed by atoms with Crippen LogP contribution in [0.15, 0.2) is 45.2 Å². The van der Waals surface area contributed by atoms with Crippen molar-refractivity contribution in [2.45, 2.75) is 0 Å². The van der Waals surface area contributed by atoms with E-state index in [9.17, 15) is 9.59 Å². The zero-order valence-electron chi connectivity index (χ0n) is 8.04. The molecule has 1 aromatic rings. The third-order valence-electron chi connectivity index (χ3n) is 2.41. The Balaban J connectivity index is 2.27. The third-order valence-corrected chi connectivity index (χ3v) is 2.41. The number of allylic oxidation sites excluding steroid dienone is 1. The maximum Gasteiger partial charge on any atom is 0.386 e. The lowest BCUT2D eigenvalue weighted by Gasteiger charge is -2.14. The van der Waals surface area contributed by atoms with Crippen LogP contribution in [0.2, 0.25) is 0 Å². The molecule has 0 spiro atoms. The van der Waals surface area contributed by atoms with Crippen molar-refractivity contribution in [3.8, 4) is 0 Å². The summed E-state index contributed by atoms with van der Waals surface area (Å²) in [6.07, 6.45) is 1.70. The Bertz CT molecular complexity index is 611. The van der Waals surface area contributed by atoms with Gasteiger partial charge in [0, 0.05) is 5.56 Å². The van der Waals surface area contributed by atoms with Gasteiger partial charge in [-0.25, -0.2) is 4.79 Å². The first-order valence-electron chi connectivity index (χ1n) is 4.66. The second kappa shape index (κ2) is 3.03. The molecule has 5 nitrogen and oxygen atoms in total. The van der Waals surface area contributed by atoms with E-state index in [-0.39, 0.29) is 11.5 Å². The quantitative estimate of drug-likeness (QED) is 0.660. The van der Waals surface area contributed by atoms with Crippen LogP contribution in [0.4, 0.5) is 4.79 Å². The summed E-state index contributed by atoms with van der Waals surface area (Å²) in [4.78, 5) is 26.5. The number of ketones is 1. The molecular weight excluding hydrogens is 206 g/mol. The lowest BCUT2D eigenvalue weighted by molar-refractivity contribution is 0.106. The van der Waals surface area contributed by atoms with Crippen LogP contribution in [-0.2, 0) is 0 Å². The summed E-state index contributed by atoms with van der Waals surface area (Å²) in [5, 5.41) is 6.97. The van der Waals surface area contributed by atoms with Gasteiger partial charge in [-0.2, -0.15) is 4.99 Å². The molecule has 0 saturated heterocycles. The number of rotatable bonds is 0. The zero-order chi connectivity index (χ0) is 11.1. The molecule has 76 valence electrons. The van der Waals surface area contributed by atoms with Gasteiger partial charge >= 0.3 is 6.03 Å². The van der Waals surface area contributed by atoms with Crippen molar-refractivity contribution < 1.29 is 9.59 Å². The highest BCUT2D eigenvalue weighted by Gasteiger charge is 2.28. The predicted octanol–water partition coefficient (Wildman–Crippen LogP) is 2.25. The van der Waals surface area contributed by atoms with Gasteiger partial charge in [0.25, 0.3) is 0 Å². The Morgan fingerprint density at radius 2 is 1.81 bits per heavy atom. The molecule has 0 fully saturated rings.